The monoisotopic (exact) mass is 214 g/mol. The molecule has 1 rings (SSSR count). The molecule has 1 aliphatic heterocycles. The Morgan fingerprint density at radius 3 is 2.80 bits per heavy atom. The van der Waals surface area contributed by atoms with E-state index in [0.717, 1.165) is 19.5 Å². The first-order chi connectivity index (χ1) is 7.02. The summed E-state index contributed by atoms with van der Waals surface area (Å²) < 4.78 is 0. The van der Waals surface area contributed by atoms with E-state index in [1.165, 1.54) is 0 Å². The van der Waals surface area contributed by atoms with Crippen molar-refractivity contribution in [1.29, 1.82) is 0 Å². The van der Waals surface area contributed by atoms with E-state index in [9.17, 15) is 9.90 Å². The van der Waals surface area contributed by atoms with Crippen LogP contribution in [0.5, 0.6) is 0 Å². The van der Waals surface area contributed by atoms with Crippen molar-refractivity contribution in [2.45, 2.75) is 44.7 Å². The van der Waals surface area contributed by atoms with Crippen LogP contribution in [0.1, 0.15) is 33.1 Å². The highest BCUT2D eigenvalue weighted by Crippen LogP contribution is 2.26. The molecule has 1 saturated heterocycles. The van der Waals surface area contributed by atoms with Crippen molar-refractivity contribution in [3.63, 3.8) is 0 Å². The first-order valence-electron chi connectivity index (χ1n) is 5.70. The highest BCUT2D eigenvalue weighted by molar-refractivity contribution is 5.79. The van der Waals surface area contributed by atoms with E-state index in [1.807, 2.05) is 0 Å². The lowest BCUT2D eigenvalue weighted by Gasteiger charge is -2.42. The molecule has 4 nitrogen and oxygen atoms in total. The topological polar surface area (TPSA) is 52.6 Å². The second-order valence-corrected chi connectivity index (χ2v) is 4.60. The zero-order valence-corrected chi connectivity index (χ0v) is 9.92. The van der Waals surface area contributed by atoms with Crippen molar-refractivity contribution < 1.29 is 9.90 Å². The minimum atomic E-state index is -0.698. The number of piperidine rings is 1. The van der Waals surface area contributed by atoms with Crippen molar-refractivity contribution >= 4 is 5.97 Å². The van der Waals surface area contributed by atoms with Gasteiger partial charge in [0.25, 0.3) is 0 Å². The summed E-state index contributed by atoms with van der Waals surface area (Å²) in [5.41, 5.74) is -0.693. The highest BCUT2D eigenvalue weighted by Gasteiger charge is 2.42. The molecule has 1 heterocycles. The summed E-state index contributed by atoms with van der Waals surface area (Å²) in [6.45, 7) is 5.78. The number of nitrogens with zero attached hydrogens (tertiary/aromatic N) is 1. The highest BCUT2D eigenvalue weighted by atomic mass is 16.4. The lowest BCUT2D eigenvalue weighted by atomic mass is 9.83. The minimum Gasteiger partial charge on any atom is -0.480 e. The third-order valence-corrected chi connectivity index (χ3v) is 3.41. The lowest BCUT2D eigenvalue weighted by Crippen LogP contribution is -2.60. The van der Waals surface area contributed by atoms with Crippen LogP contribution >= 0.6 is 0 Å². The molecule has 0 bridgehead atoms. The fraction of sp³-hybridized carbons (Fsp3) is 0.909. The molecule has 15 heavy (non-hydrogen) atoms. The Bertz CT molecular complexity index is 229. The minimum absolute atomic E-state index is 0.333. The number of likely N-dealkylation sites (tertiary alicyclic amines) is 1. The predicted molar refractivity (Wildman–Crippen MR) is 60.0 cm³/mol. The number of rotatable bonds is 4. The fourth-order valence-corrected chi connectivity index (χ4v) is 2.14. The van der Waals surface area contributed by atoms with Gasteiger partial charge in [0.15, 0.2) is 0 Å². The van der Waals surface area contributed by atoms with E-state index < -0.39 is 11.5 Å². The van der Waals surface area contributed by atoms with Crippen LogP contribution < -0.4 is 5.32 Å². The first kappa shape index (κ1) is 12.5. The Hall–Kier alpha value is -0.610. The Kier molecular flexibility index (Phi) is 4.11. The quantitative estimate of drug-likeness (QED) is 0.731. The van der Waals surface area contributed by atoms with Gasteiger partial charge < -0.3 is 15.3 Å². The van der Waals surface area contributed by atoms with Gasteiger partial charge in [-0.3, -0.25) is 4.79 Å². The maximum atomic E-state index is 11.4. The average Bonchev–Trinajstić information content (AvgIpc) is 2.20. The molecule has 0 radical (unpaired) electrons. The Balaban J connectivity index is 2.70. The fourth-order valence-electron chi connectivity index (χ4n) is 2.14. The van der Waals surface area contributed by atoms with E-state index in [2.05, 4.69) is 31.1 Å². The summed E-state index contributed by atoms with van der Waals surface area (Å²) in [6, 6.07) is 0.333. The summed E-state index contributed by atoms with van der Waals surface area (Å²) >= 11 is 0. The molecule has 1 fully saturated rings. The van der Waals surface area contributed by atoms with Crippen molar-refractivity contribution in [2.24, 2.45) is 0 Å². The number of carboxylic acids is 1. The zero-order chi connectivity index (χ0) is 11.5. The van der Waals surface area contributed by atoms with Gasteiger partial charge in [-0.25, -0.2) is 0 Å². The molecule has 0 saturated carbocycles. The third kappa shape index (κ3) is 2.69. The second kappa shape index (κ2) is 4.94. The van der Waals surface area contributed by atoms with Crippen molar-refractivity contribution in [3.05, 3.63) is 0 Å². The van der Waals surface area contributed by atoms with E-state index in [-0.39, 0.29) is 0 Å². The molecule has 0 aliphatic carbocycles. The molecule has 1 aliphatic rings. The van der Waals surface area contributed by atoms with Gasteiger partial charge in [-0.05, 0) is 39.8 Å². The van der Waals surface area contributed by atoms with E-state index in [4.69, 9.17) is 0 Å². The Morgan fingerprint density at radius 1 is 1.67 bits per heavy atom. The molecule has 0 aromatic carbocycles. The van der Waals surface area contributed by atoms with E-state index in [0.29, 0.717) is 18.9 Å². The van der Waals surface area contributed by atoms with Crippen molar-refractivity contribution in [2.75, 3.05) is 20.1 Å². The SMILES string of the molecule is CCCNC1(C(=O)O)CCN(C)C(C)C1. The molecule has 0 amide bonds. The summed E-state index contributed by atoms with van der Waals surface area (Å²) in [6.07, 6.45) is 2.36. The van der Waals surface area contributed by atoms with Crippen LogP contribution in [0.15, 0.2) is 0 Å². The number of aliphatic carboxylic acids is 1. The number of hydrogen-bond acceptors (Lipinski definition) is 3. The molecular weight excluding hydrogens is 192 g/mol. The lowest BCUT2D eigenvalue weighted by molar-refractivity contribution is -0.147. The summed E-state index contributed by atoms with van der Waals surface area (Å²) in [4.78, 5) is 13.6. The second-order valence-electron chi connectivity index (χ2n) is 4.60. The molecule has 0 aromatic heterocycles. The molecular formula is C11H22N2O2. The van der Waals surface area contributed by atoms with Gasteiger partial charge in [0.1, 0.15) is 5.54 Å². The van der Waals surface area contributed by atoms with Gasteiger partial charge in [0.2, 0.25) is 0 Å². The summed E-state index contributed by atoms with van der Waals surface area (Å²) in [5.74, 6) is -0.698. The van der Waals surface area contributed by atoms with E-state index >= 15 is 0 Å². The van der Waals surface area contributed by atoms with Crippen LogP contribution in [-0.4, -0.2) is 47.7 Å². The summed E-state index contributed by atoms with van der Waals surface area (Å²) in [7, 11) is 2.05. The van der Waals surface area contributed by atoms with Crippen LogP contribution in [0.25, 0.3) is 0 Å². The smallest absolute Gasteiger partial charge is 0.324 e. The molecule has 2 atom stereocenters. The molecule has 2 unspecified atom stereocenters. The van der Waals surface area contributed by atoms with E-state index in [1.54, 1.807) is 0 Å². The van der Waals surface area contributed by atoms with Crippen molar-refractivity contribution in [3.8, 4) is 0 Å². The Morgan fingerprint density at radius 2 is 2.33 bits per heavy atom. The first-order valence-corrected chi connectivity index (χ1v) is 5.70. The van der Waals surface area contributed by atoms with Crippen LogP contribution in [0.2, 0.25) is 0 Å². The van der Waals surface area contributed by atoms with Gasteiger partial charge in [-0.15, -0.1) is 0 Å². The van der Waals surface area contributed by atoms with Gasteiger partial charge in [0, 0.05) is 12.6 Å². The predicted octanol–water partition coefficient (Wildman–Crippen LogP) is 0.923. The number of carbonyl (C=O) groups is 1. The number of hydrogen-bond donors (Lipinski definition) is 2. The van der Waals surface area contributed by atoms with Crippen LogP contribution in [0, 0.1) is 0 Å². The standard InChI is InChI=1S/C11H22N2O2/c1-4-6-12-11(10(14)15)5-7-13(3)9(2)8-11/h9,12H,4-8H2,1-3H3,(H,14,15). The van der Waals surface area contributed by atoms with Crippen LogP contribution in [-0.2, 0) is 4.79 Å². The third-order valence-electron chi connectivity index (χ3n) is 3.41. The Labute approximate surface area is 91.6 Å². The molecule has 2 N–H and O–H groups in total. The zero-order valence-electron chi connectivity index (χ0n) is 9.92. The van der Waals surface area contributed by atoms with Gasteiger partial charge >= 0.3 is 5.97 Å². The maximum absolute atomic E-state index is 11.4. The van der Waals surface area contributed by atoms with Crippen molar-refractivity contribution in [1.82, 2.24) is 10.2 Å². The molecule has 4 heteroatoms. The maximum Gasteiger partial charge on any atom is 0.324 e. The van der Waals surface area contributed by atoms with Crippen LogP contribution in [0.4, 0.5) is 0 Å². The average molecular weight is 214 g/mol. The largest absolute Gasteiger partial charge is 0.480 e. The molecule has 88 valence electrons. The van der Waals surface area contributed by atoms with Crippen LogP contribution in [0.3, 0.4) is 0 Å². The molecule has 0 spiro atoms. The summed E-state index contributed by atoms with van der Waals surface area (Å²) in [5, 5.41) is 12.5. The van der Waals surface area contributed by atoms with Gasteiger partial charge in [-0.2, -0.15) is 0 Å². The molecule has 0 aromatic rings. The number of nitrogens with one attached hydrogen (secondary N) is 1. The van der Waals surface area contributed by atoms with Gasteiger partial charge in [-0.1, -0.05) is 6.92 Å². The normalized spacial score (nSPS) is 32.9. The van der Waals surface area contributed by atoms with Gasteiger partial charge in [0.05, 0.1) is 0 Å². The number of carboxylic acid groups (broad SMARTS) is 1.